The fourth-order valence-corrected chi connectivity index (χ4v) is 2.25. The van der Waals surface area contributed by atoms with Crippen molar-refractivity contribution in [3.8, 4) is 0 Å². The molecule has 0 spiro atoms. The number of nitrogens with zero attached hydrogens (tertiary/aromatic N) is 2. The Hall–Kier alpha value is -1.55. The molecule has 0 unspecified atom stereocenters. The van der Waals surface area contributed by atoms with Crippen LogP contribution in [0.2, 0.25) is 0 Å². The quantitative estimate of drug-likeness (QED) is 0.827. The summed E-state index contributed by atoms with van der Waals surface area (Å²) >= 11 is 5.92. The molecular formula is C14H18ClN3O. The lowest BCUT2D eigenvalue weighted by Gasteiger charge is -2.08. The van der Waals surface area contributed by atoms with Crippen LogP contribution in [0.3, 0.4) is 0 Å². The fraction of sp³-hybridized carbons (Fsp3) is 0.429. The minimum absolute atomic E-state index is 0.0696. The first-order chi connectivity index (χ1) is 9.26. The fourth-order valence-electron chi connectivity index (χ4n) is 2.04. The van der Waals surface area contributed by atoms with Crippen molar-refractivity contribution in [2.75, 3.05) is 6.54 Å². The van der Waals surface area contributed by atoms with E-state index in [1.165, 1.54) is 0 Å². The largest absolute Gasteiger partial charge is 0.356 e. The van der Waals surface area contributed by atoms with Crippen molar-refractivity contribution in [2.45, 2.75) is 32.2 Å². The second-order valence-corrected chi connectivity index (χ2v) is 4.67. The zero-order chi connectivity index (χ0) is 13.7. The van der Waals surface area contributed by atoms with Gasteiger partial charge in [0.2, 0.25) is 5.91 Å². The second kappa shape index (κ2) is 6.57. The van der Waals surface area contributed by atoms with E-state index < -0.39 is 0 Å². The molecule has 0 atom stereocenters. The molecule has 0 fully saturated rings. The standard InChI is InChI=1S/C14H18ClN3O/c1-2-8-16-14(19)7-9-18-12-6-4-3-5-11(12)17-13(18)10-15/h3-6H,2,7-10H2,1H3,(H,16,19). The summed E-state index contributed by atoms with van der Waals surface area (Å²) in [6.45, 7) is 3.37. The summed E-state index contributed by atoms with van der Waals surface area (Å²) in [6, 6.07) is 7.88. The van der Waals surface area contributed by atoms with E-state index in [0.717, 1.165) is 29.8 Å². The van der Waals surface area contributed by atoms with Gasteiger partial charge in [-0.25, -0.2) is 4.98 Å². The molecule has 2 aromatic rings. The van der Waals surface area contributed by atoms with Crippen LogP contribution in [0.4, 0.5) is 0 Å². The maximum Gasteiger partial charge on any atom is 0.221 e. The molecule has 0 aliphatic rings. The Bertz CT molecular complexity index is 565. The number of hydrogen-bond acceptors (Lipinski definition) is 2. The monoisotopic (exact) mass is 279 g/mol. The molecule has 5 heteroatoms. The molecule has 0 aliphatic heterocycles. The Balaban J connectivity index is 2.13. The number of carbonyl (C=O) groups excluding carboxylic acids is 1. The predicted octanol–water partition coefficient (Wildman–Crippen LogP) is 2.69. The Kier molecular flexibility index (Phi) is 4.80. The number of aromatic nitrogens is 2. The lowest BCUT2D eigenvalue weighted by molar-refractivity contribution is -0.121. The third-order valence-corrected chi connectivity index (χ3v) is 3.23. The van der Waals surface area contributed by atoms with Crippen molar-refractivity contribution >= 4 is 28.5 Å². The predicted molar refractivity (Wildman–Crippen MR) is 77.2 cm³/mol. The first kappa shape index (κ1) is 13.9. The van der Waals surface area contributed by atoms with Crippen molar-refractivity contribution in [3.63, 3.8) is 0 Å². The van der Waals surface area contributed by atoms with Crippen LogP contribution in [-0.2, 0) is 17.2 Å². The normalized spacial score (nSPS) is 10.8. The number of imidazole rings is 1. The van der Waals surface area contributed by atoms with Crippen molar-refractivity contribution in [3.05, 3.63) is 30.1 Å². The smallest absolute Gasteiger partial charge is 0.221 e. The van der Waals surface area contributed by atoms with Gasteiger partial charge in [0.05, 0.1) is 16.9 Å². The average molecular weight is 280 g/mol. The van der Waals surface area contributed by atoms with Crippen LogP contribution in [0.1, 0.15) is 25.6 Å². The summed E-state index contributed by atoms with van der Waals surface area (Å²) in [5, 5.41) is 2.87. The number of hydrogen-bond donors (Lipinski definition) is 1. The molecule has 102 valence electrons. The van der Waals surface area contributed by atoms with Crippen LogP contribution in [-0.4, -0.2) is 22.0 Å². The van der Waals surface area contributed by atoms with Crippen LogP contribution in [0, 0.1) is 0 Å². The summed E-state index contributed by atoms with van der Waals surface area (Å²) in [7, 11) is 0. The first-order valence-electron chi connectivity index (χ1n) is 6.53. The Morgan fingerprint density at radius 1 is 1.42 bits per heavy atom. The Morgan fingerprint density at radius 3 is 2.95 bits per heavy atom. The number of aryl methyl sites for hydroxylation is 1. The third kappa shape index (κ3) is 3.26. The maximum absolute atomic E-state index is 11.7. The molecule has 0 aliphatic carbocycles. The summed E-state index contributed by atoms with van der Waals surface area (Å²) in [6.07, 6.45) is 1.40. The minimum atomic E-state index is 0.0696. The van der Waals surface area contributed by atoms with Crippen LogP contribution in [0.5, 0.6) is 0 Å². The van der Waals surface area contributed by atoms with Crippen LogP contribution in [0.15, 0.2) is 24.3 Å². The van der Waals surface area contributed by atoms with Gasteiger partial charge in [-0.15, -0.1) is 11.6 Å². The van der Waals surface area contributed by atoms with Gasteiger partial charge in [0.25, 0.3) is 0 Å². The summed E-state index contributed by atoms with van der Waals surface area (Å²) in [5.74, 6) is 1.23. The number of fused-ring (bicyclic) bond motifs is 1. The van der Waals surface area contributed by atoms with Gasteiger partial charge in [0.15, 0.2) is 0 Å². The Morgan fingerprint density at radius 2 is 2.21 bits per heavy atom. The van der Waals surface area contributed by atoms with E-state index >= 15 is 0 Å². The van der Waals surface area contributed by atoms with Crippen molar-refractivity contribution in [2.24, 2.45) is 0 Å². The van der Waals surface area contributed by atoms with Gasteiger partial charge in [-0.05, 0) is 18.6 Å². The van der Waals surface area contributed by atoms with Crippen LogP contribution < -0.4 is 5.32 Å². The molecule has 1 N–H and O–H groups in total. The maximum atomic E-state index is 11.7. The second-order valence-electron chi connectivity index (χ2n) is 4.40. The van der Waals surface area contributed by atoms with Gasteiger partial charge >= 0.3 is 0 Å². The summed E-state index contributed by atoms with van der Waals surface area (Å²) in [5.41, 5.74) is 1.95. The minimum Gasteiger partial charge on any atom is -0.356 e. The highest BCUT2D eigenvalue weighted by atomic mass is 35.5. The number of alkyl halides is 1. The van der Waals surface area contributed by atoms with E-state index in [0.29, 0.717) is 18.8 Å². The molecule has 0 radical (unpaired) electrons. The molecule has 0 bridgehead atoms. The number of nitrogens with one attached hydrogen (secondary N) is 1. The van der Waals surface area contributed by atoms with E-state index in [-0.39, 0.29) is 5.91 Å². The van der Waals surface area contributed by atoms with Gasteiger partial charge < -0.3 is 9.88 Å². The highest BCUT2D eigenvalue weighted by Crippen LogP contribution is 2.17. The van der Waals surface area contributed by atoms with Crippen molar-refractivity contribution in [1.29, 1.82) is 0 Å². The van der Waals surface area contributed by atoms with E-state index in [1.54, 1.807) is 0 Å². The van der Waals surface area contributed by atoms with Gasteiger partial charge in [0.1, 0.15) is 5.82 Å². The van der Waals surface area contributed by atoms with Crippen LogP contribution >= 0.6 is 11.6 Å². The average Bonchev–Trinajstić information content (AvgIpc) is 2.80. The third-order valence-electron chi connectivity index (χ3n) is 2.99. The molecule has 1 aromatic carbocycles. The molecule has 0 saturated carbocycles. The number of rotatable bonds is 6. The number of benzene rings is 1. The zero-order valence-electron chi connectivity index (χ0n) is 11.0. The van der Waals surface area contributed by atoms with Crippen molar-refractivity contribution in [1.82, 2.24) is 14.9 Å². The topological polar surface area (TPSA) is 46.9 Å². The highest BCUT2D eigenvalue weighted by molar-refractivity contribution is 6.16. The molecule has 19 heavy (non-hydrogen) atoms. The summed E-state index contributed by atoms with van der Waals surface area (Å²) < 4.78 is 2.02. The number of para-hydroxylation sites is 2. The van der Waals surface area contributed by atoms with Gasteiger partial charge in [-0.1, -0.05) is 19.1 Å². The van der Waals surface area contributed by atoms with Crippen molar-refractivity contribution < 1.29 is 4.79 Å². The number of amides is 1. The number of carbonyl (C=O) groups is 1. The van der Waals surface area contributed by atoms with E-state index in [2.05, 4.69) is 10.3 Å². The molecule has 0 saturated heterocycles. The lowest BCUT2D eigenvalue weighted by atomic mass is 10.3. The molecule has 1 heterocycles. The molecule has 1 amide bonds. The van der Waals surface area contributed by atoms with Gasteiger partial charge in [-0.2, -0.15) is 0 Å². The van der Waals surface area contributed by atoms with Gasteiger partial charge in [-0.3, -0.25) is 4.79 Å². The highest BCUT2D eigenvalue weighted by Gasteiger charge is 2.10. The van der Waals surface area contributed by atoms with E-state index in [1.807, 2.05) is 35.8 Å². The van der Waals surface area contributed by atoms with E-state index in [9.17, 15) is 4.79 Å². The summed E-state index contributed by atoms with van der Waals surface area (Å²) in [4.78, 5) is 16.1. The first-order valence-corrected chi connectivity index (χ1v) is 7.06. The molecule has 2 rings (SSSR count). The molecule has 1 aromatic heterocycles. The van der Waals surface area contributed by atoms with Crippen LogP contribution in [0.25, 0.3) is 11.0 Å². The lowest BCUT2D eigenvalue weighted by Crippen LogP contribution is -2.25. The molecular weight excluding hydrogens is 262 g/mol. The molecule has 4 nitrogen and oxygen atoms in total. The van der Waals surface area contributed by atoms with Gasteiger partial charge in [0, 0.05) is 19.5 Å². The van der Waals surface area contributed by atoms with E-state index in [4.69, 9.17) is 11.6 Å². The SMILES string of the molecule is CCCNC(=O)CCn1c(CCl)nc2ccccc21. The Labute approximate surface area is 117 Å². The number of halogens is 1. The zero-order valence-corrected chi connectivity index (χ0v) is 11.8.